The van der Waals surface area contributed by atoms with E-state index in [4.69, 9.17) is 5.84 Å². The average molecular weight is 235 g/mol. The number of nitrogen functional groups attached to an aromatic ring is 1. The lowest BCUT2D eigenvalue weighted by Crippen LogP contribution is -2.35. The zero-order valence-electron chi connectivity index (χ0n) is 9.89. The van der Waals surface area contributed by atoms with Gasteiger partial charge < -0.3 is 10.3 Å². The topological polar surface area (TPSA) is 84.1 Å². The first-order chi connectivity index (χ1) is 8.26. The lowest BCUT2D eigenvalue weighted by atomic mass is 10.1. The molecule has 0 saturated carbocycles. The van der Waals surface area contributed by atoms with E-state index >= 15 is 0 Å². The number of nitrogens with zero attached hydrogens (tertiary/aromatic N) is 3. The standard InChI is InChI=1S/C11H17N5O/c1-2-8-4-3-7-16(8)11(17)9-5-6-10(13-12)15-14-9/h5-6,8H,2-4,7,12H2,1H3,(H,13,15). The predicted octanol–water partition coefficient (Wildman–Crippen LogP) is 0.777. The zero-order chi connectivity index (χ0) is 12.3. The summed E-state index contributed by atoms with van der Waals surface area (Å²) < 4.78 is 0. The normalized spacial score (nSPS) is 19.4. The van der Waals surface area contributed by atoms with Crippen molar-refractivity contribution in [3.8, 4) is 0 Å². The van der Waals surface area contributed by atoms with Gasteiger partial charge >= 0.3 is 0 Å². The number of hydrogen-bond donors (Lipinski definition) is 2. The van der Waals surface area contributed by atoms with Crippen LogP contribution in [0.5, 0.6) is 0 Å². The van der Waals surface area contributed by atoms with Crippen LogP contribution in [0.3, 0.4) is 0 Å². The average Bonchev–Trinajstić information content (AvgIpc) is 2.86. The van der Waals surface area contributed by atoms with Crippen LogP contribution < -0.4 is 11.3 Å². The Kier molecular flexibility index (Phi) is 3.53. The molecule has 1 amide bonds. The fourth-order valence-corrected chi connectivity index (χ4v) is 2.20. The predicted molar refractivity (Wildman–Crippen MR) is 64.2 cm³/mol. The molecule has 1 aromatic heterocycles. The van der Waals surface area contributed by atoms with Gasteiger partial charge in [-0.05, 0) is 31.4 Å². The molecule has 0 aliphatic carbocycles. The van der Waals surface area contributed by atoms with E-state index in [1.54, 1.807) is 12.1 Å². The van der Waals surface area contributed by atoms with Crippen LogP contribution in [0.25, 0.3) is 0 Å². The van der Waals surface area contributed by atoms with Crippen LogP contribution >= 0.6 is 0 Å². The molecule has 2 rings (SSSR count). The van der Waals surface area contributed by atoms with Gasteiger partial charge in [0, 0.05) is 12.6 Å². The third-order valence-corrected chi connectivity index (χ3v) is 3.14. The van der Waals surface area contributed by atoms with Crippen LogP contribution in [-0.2, 0) is 0 Å². The van der Waals surface area contributed by atoms with Gasteiger partial charge in [0.2, 0.25) is 0 Å². The highest BCUT2D eigenvalue weighted by molar-refractivity contribution is 5.92. The maximum Gasteiger partial charge on any atom is 0.274 e. The molecular formula is C11H17N5O. The highest BCUT2D eigenvalue weighted by Crippen LogP contribution is 2.21. The van der Waals surface area contributed by atoms with E-state index in [1.165, 1.54) is 0 Å². The van der Waals surface area contributed by atoms with E-state index in [-0.39, 0.29) is 5.91 Å². The van der Waals surface area contributed by atoms with E-state index in [0.717, 1.165) is 25.8 Å². The van der Waals surface area contributed by atoms with Gasteiger partial charge in [0.15, 0.2) is 11.5 Å². The number of anilines is 1. The monoisotopic (exact) mass is 235 g/mol. The molecule has 1 aliphatic rings. The van der Waals surface area contributed by atoms with Crippen LogP contribution in [0, 0.1) is 0 Å². The summed E-state index contributed by atoms with van der Waals surface area (Å²) in [5.41, 5.74) is 2.76. The summed E-state index contributed by atoms with van der Waals surface area (Å²) >= 11 is 0. The summed E-state index contributed by atoms with van der Waals surface area (Å²) in [6, 6.07) is 3.64. The number of nitrogens with one attached hydrogen (secondary N) is 1. The number of carbonyl (C=O) groups is 1. The third-order valence-electron chi connectivity index (χ3n) is 3.14. The number of amides is 1. The number of hydrazine groups is 1. The first kappa shape index (κ1) is 11.8. The Morgan fingerprint density at radius 1 is 1.59 bits per heavy atom. The Hall–Kier alpha value is -1.69. The van der Waals surface area contributed by atoms with Crippen LogP contribution in [-0.4, -0.2) is 33.6 Å². The molecule has 1 fully saturated rings. The minimum atomic E-state index is -0.0366. The Bertz CT molecular complexity index is 391. The fourth-order valence-electron chi connectivity index (χ4n) is 2.20. The molecule has 17 heavy (non-hydrogen) atoms. The molecule has 6 nitrogen and oxygen atoms in total. The molecule has 0 radical (unpaired) electrons. The zero-order valence-corrected chi connectivity index (χ0v) is 9.89. The lowest BCUT2D eigenvalue weighted by molar-refractivity contribution is 0.0726. The van der Waals surface area contributed by atoms with Gasteiger partial charge in [-0.25, -0.2) is 5.84 Å². The molecule has 0 aromatic carbocycles. The summed E-state index contributed by atoms with van der Waals surface area (Å²) in [5.74, 6) is 5.61. The quantitative estimate of drug-likeness (QED) is 0.597. The Morgan fingerprint density at radius 2 is 2.41 bits per heavy atom. The fraction of sp³-hybridized carbons (Fsp3) is 0.545. The van der Waals surface area contributed by atoms with Crippen LogP contribution in [0.15, 0.2) is 12.1 Å². The van der Waals surface area contributed by atoms with Crippen molar-refractivity contribution in [2.75, 3.05) is 12.0 Å². The first-order valence-electron chi connectivity index (χ1n) is 5.87. The van der Waals surface area contributed by atoms with Crippen molar-refractivity contribution >= 4 is 11.7 Å². The van der Waals surface area contributed by atoms with Crippen molar-refractivity contribution < 1.29 is 4.79 Å². The molecule has 6 heteroatoms. The van der Waals surface area contributed by atoms with Crippen LogP contribution in [0.2, 0.25) is 0 Å². The summed E-state index contributed by atoms with van der Waals surface area (Å²) in [5, 5.41) is 7.69. The molecule has 2 heterocycles. The second-order valence-corrected chi connectivity index (χ2v) is 4.15. The van der Waals surface area contributed by atoms with E-state index in [2.05, 4.69) is 22.5 Å². The molecule has 92 valence electrons. The number of likely N-dealkylation sites (tertiary alicyclic amines) is 1. The van der Waals surface area contributed by atoms with Crippen LogP contribution in [0.4, 0.5) is 5.82 Å². The second-order valence-electron chi connectivity index (χ2n) is 4.15. The van der Waals surface area contributed by atoms with E-state index in [0.29, 0.717) is 17.6 Å². The van der Waals surface area contributed by atoms with Crippen molar-refractivity contribution in [2.45, 2.75) is 32.2 Å². The van der Waals surface area contributed by atoms with E-state index in [9.17, 15) is 4.79 Å². The maximum absolute atomic E-state index is 12.2. The number of hydrogen-bond acceptors (Lipinski definition) is 5. The molecule has 1 atom stereocenters. The number of carbonyl (C=O) groups excluding carboxylic acids is 1. The Labute approximate surface area is 100 Å². The van der Waals surface area contributed by atoms with Gasteiger partial charge in [0.25, 0.3) is 5.91 Å². The molecule has 1 unspecified atom stereocenters. The van der Waals surface area contributed by atoms with Crippen molar-refractivity contribution in [1.82, 2.24) is 15.1 Å². The summed E-state index contributed by atoms with van der Waals surface area (Å²) in [4.78, 5) is 14.1. The van der Waals surface area contributed by atoms with Crippen molar-refractivity contribution in [1.29, 1.82) is 0 Å². The first-order valence-corrected chi connectivity index (χ1v) is 5.87. The number of aromatic nitrogens is 2. The van der Waals surface area contributed by atoms with Gasteiger partial charge in [-0.2, -0.15) is 0 Å². The molecule has 1 saturated heterocycles. The summed E-state index contributed by atoms with van der Waals surface area (Å²) in [6.45, 7) is 2.92. The number of nitrogens with two attached hydrogens (primary N) is 1. The van der Waals surface area contributed by atoms with Crippen LogP contribution in [0.1, 0.15) is 36.7 Å². The van der Waals surface area contributed by atoms with Gasteiger partial charge in [-0.1, -0.05) is 6.92 Å². The molecule has 1 aromatic rings. The third kappa shape index (κ3) is 2.36. The lowest BCUT2D eigenvalue weighted by Gasteiger charge is -2.22. The van der Waals surface area contributed by atoms with Gasteiger partial charge in [-0.15, -0.1) is 10.2 Å². The molecule has 1 aliphatic heterocycles. The van der Waals surface area contributed by atoms with E-state index in [1.807, 2.05) is 4.90 Å². The Balaban J connectivity index is 2.13. The summed E-state index contributed by atoms with van der Waals surface area (Å²) in [6.07, 6.45) is 3.14. The Morgan fingerprint density at radius 3 is 3.00 bits per heavy atom. The van der Waals surface area contributed by atoms with E-state index < -0.39 is 0 Å². The largest absolute Gasteiger partial charge is 0.334 e. The summed E-state index contributed by atoms with van der Waals surface area (Å²) in [7, 11) is 0. The van der Waals surface area contributed by atoms with Gasteiger partial charge in [-0.3, -0.25) is 4.79 Å². The molecule has 0 bridgehead atoms. The maximum atomic E-state index is 12.2. The second kappa shape index (κ2) is 5.09. The van der Waals surface area contributed by atoms with Crippen molar-refractivity contribution in [2.24, 2.45) is 5.84 Å². The highest BCUT2D eigenvalue weighted by Gasteiger charge is 2.28. The molecule has 3 N–H and O–H groups in total. The minimum absolute atomic E-state index is 0.0366. The molecule has 0 spiro atoms. The number of rotatable bonds is 3. The molecular weight excluding hydrogens is 218 g/mol. The minimum Gasteiger partial charge on any atom is -0.334 e. The van der Waals surface area contributed by atoms with Gasteiger partial charge in [0.05, 0.1) is 0 Å². The van der Waals surface area contributed by atoms with Crippen molar-refractivity contribution in [3.05, 3.63) is 17.8 Å². The van der Waals surface area contributed by atoms with Crippen molar-refractivity contribution in [3.63, 3.8) is 0 Å². The SMILES string of the molecule is CCC1CCCN1C(=O)c1ccc(NN)nn1. The smallest absolute Gasteiger partial charge is 0.274 e. The highest BCUT2D eigenvalue weighted by atomic mass is 16.2. The van der Waals surface area contributed by atoms with Gasteiger partial charge in [0.1, 0.15) is 0 Å².